The van der Waals surface area contributed by atoms with Crippen molar-refractivity contribution >= 4 is 11.6 Å². The summed E-state index contributed by atoms with van der Waals surface area (Å²) in [7, 11) is 0. The Labute approximate surface area is 92.8 Å². The molecular weight excluding hydrogens is 214 g/mol. The third-order valence-electron chi connectivity index (χ3n) is 2.13. The van der Waals surface area contributed by atoms with E-state index in [0.29, 0.717) is 6.54 Å². The molecule has 0 aliphatic heterocycles. The molecule has 0 saturated carbocycles. The van der Waals surface area contributed by atoms with Crippen molar-refractivity contribution in [1.82, 2.24) is 15.0 Å². The molecule has 1 atom stereocenters. The van der Waals surface area contributed by atoms with Crippen LogP contribution in [0.2, 0.25) is 0 Å². The molecule has 2 heterocycles. The fourth-order valence-corrected chi connectivity index (χ4v) is 1.41. The van der Waals surface area contributed by atoms with Gasteiger partial charge in [-0.05, 0) is 18.6 Å². The van der Waals surface area contributed by atoms with Crippen LogP contribution in [0.3, 0.4) is 0 Å². The van der Waals surface area contributed by atoms with Gasteiger partial charge in [0, 0.05) is 0 Å². The first-order chi connectivity index (χ1) is 7.29. The molecule has 0 amide bonds. The van der Waals surface area contributed by atoms with Crippen LogP contribution in [0.5, 0.6) is 0 Å². The van der Waals surface area contributed by atoms with Gasteiger partial charge in [-0.3, -0.25) is 0 Å². The number of hydrogen-bond acceptors (Lipinski definition) is 3. The number of hydrogen-bond donors (Lipinski definition) is 0. The zero-order valence-electron chi connectivity index (χ0n) is 8.43. The van der Waals surface area contributed by atoms with Crippen molar-refractivity contribution in [3.63, 3.8) is 0 Å². The van der Waals surface area contributed by atoms with E-state index in [1.54, 1.807) is 10.9 Å². The highest BCUT2D eigenvalue weighted by atomic mass is 35.5. The maximum absolute atomic E-state index is 6.05. The Morgan fingerprint density at radius 1 is 1.60 bits per heavy atom. The molecular formula is C10H12ClN3O. The van der Waals surface area contributed by atoms with Gasteiger partial charge >= 0.3 is 0 Å². The second kappa shape index (κ2) is 4.49. The summed E-state index contributed by atoms with van der Waals surface area (Å²) in [6.45, 7) is 2.61. The first-order valence-electron chi connectivity index (χ1n) is 4.86. The van der Waals surface area contributed by atoms with Gasteiger partial charge in [0.1, 0.15) is 18.0 Å². The van der Waals surface area contributed by atoms with Gasteiger partial charge in [-0.1, -0.05) is 12.1 Å². The molecule has 0 aliphatic rings. The van der Waals surface area contributed by atoms with E-state index in [0.717, 1.165) is 17.9 Å². The summed E-state index contributed by atoms with van der Waals surface area (Å²) in [6.07, 6.45) is 4.34. The summed E-state index contributed by atoms with van der Waals surface area (Å²) < 4.78 is 6.93. The van der Waals surface area contributed by atoms with Crippen molar-refractivity contribution in [2.24, 2.45) is 0 Å². The summed E-state index contributed by atoms with van der Waals surface area (Å²) in [5.74, 6) is 0.856. The number of furan rings is 1. The number of aromatic nitrogens is 3. The third-order valence-corrected chi connectivity index (χ3v) is 2.67. The van der Waals surface area contributed by atoms with Crippen LogP contribution < -0.4 is 0 Å². The van der Waals surface area contributed by atoms with Crippen molar-refractivity contribution in [3.05, 3.63) is 36.0 Å². The number of halogens is 1. The van der Waals surface area contributed by atoms with Crippen LogP contribution >= 0.6 is 11.6 Å². The molecule has 4 nitrogen and oxygen atoms in total. The minimum absolute atomic E-state index is 0.0599. The van der Waals surface area contributed by atoms with E-state index in [2.05, 4.69) is 10.3 Å². The second-order valence-electron chi connectivity index (χ2n) is 3.30. The van der Waals surface area contributed by atoms with E-state index in [9.17, 15) is 0 Å². The molecule has 0 spiro atoms. The van der Waals surface area contributed by atoms with Crippen LogP contribution in [-0.2, 0) is 6.54 Å². The molecule has 2 aromatic heterocycles. The lowest BCUT2D eigenvalue weighted by atomic mass is 10.3. The minimum atomic E-state index is -0.0599. The average Bonchev–Trinajstić information content (AvgIpc) is 2.88. The summed E-state index contributed by atoms with van der Waals surface area (Å²) in [5, 5.41) is 7.93. The van der Waals surface area contributed by atoms with Gasteiger partial charge in [0.2, 0.25) is 0 Å². The predicted octanol–water partition coefficient (Wildman–Crippen LogP) is 2.61. The van der Waals surface area contributed by atoms with Crippen LogP contribution in [0, 0.1) is 0 Å². The van der Waals surface area contributed by atoms with Gasteiger partial charge in [-0.15, -0.1) is 16.7 Å². The van der Waals surface area contributed by atoms with E-state index in [1.165, 1.54) is 0 Å². The zero-order valence-corrected chi connectivity index (χ0v) is 9.18. The summed E-state index contributed by atoms with van der Waals surface area (Å²) >= 11 is 6.05. The fourth-order valence-electron chi connectivity index (χ4n) is 1.31. The lowest BCUT2D eigenvalue weighted by molar-refractivity contribution is 0.475. The lowest BCUT2D eigenvalue weighted by Crippen LogP contribution is -1.98. The number of alkyl halides is 1. The maximum Gasteiger partial charge on any atom is 0.125 e. The van der Waals surface area contributed by atoms with Crippen LogP contribution in [0.15, 0.2) is 29.0 Å². The molecule has 0 fully saturated rings. The quantitative estimate of drug-likeness (QED) is 0.752. The Morgan fingerprint density at radius 3 is 3.13 bits per heavy atom. The monoisotopic (exact) mass is 225 g/mol. The Morgan fingerprint density at radius 2 is 2.47 bits per heavy atom. The molecule has 15 heavy (non-hydrogen) atoms. The lowest BCUT2D eigenvalue weighted by Gasteiger charge is -1.98. The number of nitrogens with zero attached hydrogens (tertiary/aromatic N) is 3. The standard InChI is InChI=1S/C10H12ClN3O/c1-2-9(11)10-7-14(13-12-10)6-8-4-3-5-15-8/h3-5,7,9H,2,6H2,1H3. The van der Waals surface area contributed by atoms with Crippen molar-refractivity contribution in [2.45, 2.75) is 25.3 Å². The van der Waals surface area contributed by atoms with Gasteiger partial charge in [0.05, 0.1) is 17.8 Å². The van der Waals surface area contributed by atoms with Gasteiger partial charge in [-0.2, -0.15) is 0 Å². The summed E-state index contributed by atoms with van der Waals surface area (Å²) in [5.41, 5.74) is 0.811. The topological polar surface area (TPSA) is 43.9 Å². The van der Waals surface area contributed by atoms with Gasteiger partial charge < -0.3 is 4.42 Å². The first kappa shape index (κ1) is 10.2. The van der Waals surface area contributed by atoms with E-state index in [1.807, 2.05) is 25.3 Å². The Bertz CT molecular complexity index is 410. The molecule has 80 valence electrons. The maximum atomic E-state index is 6.05. The van der Waals surface area contributed by atoms with Crippen LogP contribution in [0.25, 0.3) is 0 Å². The Kier molecular flexibility index (Phi) is 3.06. The van der Waals surface area contributed by atoms with Crippen LogP contribution in [-0.4, -0.2) is 15.0 Å². The van der Waals surface area contributed by atoms with Gasteiger partial charge in [0.25, 0.3) is 0 Å². The Hall–Kier alpha value is -1.29. The largest absolute Gasteiger partial charge is 0.467 e. The summed E-state index contributed by atoms with van der Waals surface area (Å²) in [6, 6.07) is 3.75. The first-order valence-corrected chi connectivity index (χ1v) is 5.29. The third kappa shape index (κ3) is 2.39. The zero-order chi connectivity index (χ0) is 10.7. The predicted molar refractivity (Wildman–Crippen MR) is 56.7 cm³/mol. The van der Waals surface area contributed by atoms with Crippen molar-refractivity contribution in [2.75, 3.05) is 0 Å². The molecule has 0 saturated heterocycles. The van der Waals surface area contributed by atoms with E-state index in [-0.39, 0.29) is 5.38 Å². The average molecular weight is 226 g/mol. The van der Waals surface area contributed by atoms with Gasteiger partial charge in [0.15, 0.2) is 0 Å². The molecule has 1 unspecified atom stereocenters. The minimum Gasteiger partial charge on any atom is -0.467 e. The van der Waals surface area contributed by atoms with Crippen molar-refractivity contribution in [3.8, 4) is 0 Å². The molecule has 0 bridgehead atoms. The normalized spacial score (nSPS) is 12.9. The van der Waals surface area contributed by atoms with Crippen molar-refractivity contribution < 1.29 is 4.42 Å². The van der Waals surface area contributed by atoms with Gasteiger partial charge in [-0.25, -0.2) is 4.68 Å². The molecule has 0 aromatic carbocycles. The smallest absolute Gasteiger partial charge is 0.125 e. The number of rotatable bonds is 4. The van der Waals surface area contributed by atoms with Crippen molar-refractivity contribution in [1.29, 1.82) is 0 Å². The molecule has 2 rings (SSSR count). The molecule has 0 N–H and O–H groups in total. The fraction of sp³-hybridized carbons (Fsp3) is 0.400. The molecule has 5 heteroatoms. The molecule has 0 aliphatic carbocycles. The molecule has 2 aromatic rings. The van der Waals surface area contributed by atoms with E-state index in [4.69, 9.17) is 16.0 Å². The molecule has 0 radical (unpaired) electrons. The van der Waals surface area contributed by atoms with E-state index < -0.39 is 0 Å². The summed E-state index contributed by atoms with van der Waals surface area (Å²) in [4.78, 5) is 0. The SMILES string of the molecule is CCC(Cl)c1cn(Cc2ccco2)nn1. The Balaban J connectivity index is 2.07. The van der Waals surface area contributed by atoms with Crippen LogP contribution in [0.4, 0.5) is 0 Å². The second-order valence-corrected chi connectivity index (χ2v) is 3.82. The highest BCUT2D eigenvalue weighted by molar-refractivity contribution is 6.20. The van der Waals surface area contributed by atoms with E-state index >= 15 is 0 Å². The van der Waals surface area contributed by atoms with Crippen LogP contribution in [0.1, 0.15) is 30.2 Å². The highest BCUT2D eigenvalue weighted by Gasteiger charge is 2.10. The highest BCUT2D eigenvalue weighted by Crippen LogP contribution is 2.20.